The summed E-state index contributed by atoms with van der Waals surface area (Å²) in [7, 11) is 0. The van der Waals surface area contributed by atoms with Crippen molar-refractivity contribution in [1.82, 2.24) is 9.88 Å². The third-order valence-corrected chi connectivity index (χ3v) is 5.24. The summed E-state index contributed by atoms with van der Waals surface area (Å²) in [6.07, 6.45) is 3.08. The Morgan fingerprint density at radius 3 is 2.75 bits per heavy atom. The number of thiophene rings is 1. The molecule has 1 aliphatic heterocycles. The molecule has 1 unspecified atom stereocenters. The van der Waals surface area contributed by atoms with Crippen LogP contribution in [0.5, 0.6) is 5.88 Å². The second-order valence-electron chi connectivity index (χ2n) is 6.11. The Hall–Kier alpha value is -2.17. The lowest BCUT2D eigenvalue weighted by molar-refractivity contribution is 0.191. The zero-order valence-electron chi connectivity index (χ0n) is 13.5. The first-order chi connectivity index (χ1) is 11.9. The van der Waals surface area contributed by atoms with E-state index in [-0.39, 0.29) is 6.10 Å². The fourth-order valence-corrected chi connectivity index (χ4v) is 3.83. The van der Waals surface area contributed by atoms with Gasteiger partial charge in [0.05, 0.1) is 0 Å². The van der Waals surface area contributed by atoms with E-state index in [0.717, 1.165) is 31.9 Å². The normalized spacial score (nSPS) is 17.9. The molecule has 0 spiro atoms. The molecule has 1 fully saturated rings. The van der Waals surface area contributed by atoms with Crippen molar-refractivity contribution in [3.63, 3.8) is 0 Å². The third kappa shape index (κ3) is 3.66. The third-order valence-electron chi connectivity index (χ3n) is 4.32. The van der Waals surface area contributed by atoms with E-state index in [1.54, 1.807) is 17.5 Å². The predicted octanol–water partition coefficient (Wildman–Crippen LogP) is 4.46. The van der Waals surface area contributed by atoms with E-state index in [2.05, 4.69) is 51.7 Å². The molecule has 1 aromatic carbocycles. The van der Waals surface area contributed by atoms with Crippen molar-refractivity contribution in [3.8, 4) is 16.3 Å². The van der Waals surface area contributed by atoms with Crippen LogP contribution in [0.15, 0.2) is 66.2 Å². The van der Waals surface area contributed by atoms with Crippen molar-refractivity contribution in [2.45, 2.75) is 19.1 Å². The zero-order chi connectivity index (χ0) is 16.2. The number of aromatic nitrogens is 1. The fourth-order valence-electron chi connectivity index (χ4n) is 3.10. The highest BCUT2D eigenvalue weighted by molar-refractivity contribution is 7.13. The number of ether oxygens (including phenoxy) is 1. The van der Waals surface area contributed by atoms with Crippen LogP contribution in [-0.4, -0.2) is 29.1 Å². The van der Waals surface area contributed by atoms with Crippen LogP contribution in [0.2, 0.25) is 0 Å². The first-order valence-electron chi connectivity index (χ1n) is 8.30. The van der Waals surface area contributed by atoms with Crippen molar-refractivity contribution in [3.05, 3.63) is 71.7 Å². The summed E-state index contributed by atoms with van der Waals surface area (Å²) in [6, 6.07) is 19.0. The van der Waals surface area contributed by atoms with Gasteiger partial charge in [-0.05, 0) is 35.1 Å². The molecule has 4 rings (SSSR count). The summed E-state index contributed by atoms with van der Waals surface area (Å²) in [5, 5.41) is 2.12. The number of likely N-dealkylation sites (tertiary alicyclic amines) is 1. The van der Waals surface area contributed by atoms with Gasteiger partial charge in [-0.3, -0.25) is 4.90 Å². The van der Waals surface area contributed by atoms with Crippen molar-refractivity contribution in [1.29, 1.82) is 0 Å². The molecule has 4 heteroatoms. The molecule has 1 saturated heterocycles. The lowest BCUT2D eigenvalue weighted by Crippen LogP contribution is -2.24. The molecule has 3 nitrogen and oxygen atoms in total. The highest BCUT2D eigenvalue weighted by Crippen LogP contribution is 2.25. The summed E-state index contributed by atoms with van der Waals surface area (Å²) < 4.78 is 5.96. The number of benzene rings is 1. The zero-order valence-corrected chi connectivity index (χ0v) is 14.3. The Balaban J connectivity index is 1.33. The number of hydrogen-bond donors (Lipinski definition) is 0. The highest BCUT2D eigenvalue weighted by Gasteiger charge is 2.24. The van der Waals surface area contributed by atoms with Gasteiger partial charge in [-0.1, -0.05) is 36.4 Å². The standard InChI is InChI=1S/C20H20N2OS/c1-2-11-21-20(5-1)23-18-10-12-22(15-18)14-16-6-8-17(9-7-16)19-4-3-13-24-19/h1-9,11,13,18H,10,12,14-15H2. The van der Waals surface area contributed by atoms with Gasteiger partial charge in [0.15, 0.2) is 0 Å². The number of nitrogens with zero attached hydrogens (tertiary/aromatic N) is 2. The van der Waals surface area contributed by atoms with E-state index < -0.39 is 0 Å². The molecule has 1 aliphatic rings. The molecule has 0 bridgehead atoms. The minimum Gasteiger partial charge on any atom is -0.473 e. The minimum atomic E-state index is 0.241. The van der Waals surface area contributed by atoms with Gasteiger partial charge in [0.25, 0.3) is 0 Å². The lowest BCUT2D eigenvalue weighted by atomic mass is 10.1. The van der Waals surface area contributed by atoms with E-state index in [1.165, 1.54) is 16.0 Å². The van der Waals surface area contributed by atoms with Crippen LogP contribution in [0.4, 0.5) is 0 Å². The Bertz CT molecular complexity index is 756. The predicted molar refractivity (Wildman–Crippen MR) is 98.3 cm³/mol. The Morgan fingerprint density at radius 2 is 2.00 bits per heavy atom. The molecule has 0 N–H and O–H groups in total. The van der Waals surface area contributed by atoms with Crippen molar-refractivity contribution in [2.75, 3.05) is 13.1 Å². The molecule has 1 atom stereocenters. The van der Waals surface area contributed by atoms with Crippen LogP contribution in [0.3, 0.4) is 0 Å². The van der Waals surface area contributed by atoms with E-state index in [0.29, 0.717) is 0 Å². The van der Waals surface area contributed by atoms with Gasteiger partial charge in [0.2, 0.25) is 5.88 Å². The van der Waals surface area contributed by atoms with Gasteiger partial charge in [-0.25, -0.2) is 4.98 Å². The first kappa shape index (κ1) is 15.4. The molecule has 3 aromatic rings. The maximum atomic E-state index is 5.96. The van der Waals surface area contributed by atoms with Crippen LogP contribution in [0.1, 0.15) is 12.0 Å². The Labute approximate surface area is 146 Å². The molecule has 122 valence electrons. The second-order valence-corrected chi connectivity index (χ2v) is 7.05. The first-order valence-corrected chi connectivity index (χ1v) is 9.18. The molecule has 0 saturated carbocycles. The van der Waals surface area contributed by atoms with Gasteiger partial charge in [-0.2, -0.15) is 0 Å². The van der Waals surface area contributed by atoms with Crippen molar-refractivity contribution in [2.24, 2.45) is 0 Å². The van der Waals surface area contributed by atoms with Gasteiger partial charge in [0.1, 0.15) is 6.10 Å². The maximum Gasteiger partial charge on any atom is 0.213 e. The van der Waals surface area contributed by atoms with Crippen LogP contribution in [0.25, 0.3) is 10.4 Å². The van der Waals surface area contributed by atoms with E-state index >= 15 is 0 Å². The molecule has 0 aliphatic carbocycles. The summed E-state index contributed by atoms with van der Waals surface area (Å²) in [5.74, 6) is 0.727. The van der Waals surface area contributed by atoms with Crippen LogP contribution >= 0.6 is 11.3 Å². The summed E-state index contributed by atoms with van der Waals surface area (Å²) in [5.41, 5.74) is 2.65. The second kappa shape index (κ2) is 7.16. The van der Waals surface area contributed by atoms with E-state index in [4.69, 9.17) is 4.74 Å². The van der Waals surface area contributed by atoms with Gasteiger partial charge in [-0.15, -0.1) is 11.3 Å². The average molecular weight is 336 g/mol. The molecule has 0 amide bonds. The Morgan fingerprint density at radius 1 is 1.08 bits per heavy atom. The summed E-state index contributed by atoms with van der Waals surface area (Å²) >= 11 is 1.78. The van der Waals surface area contributed by atoms with Crippen LogP contribution in [-0.2, 0) is 6.54 Å². The molecule has 2 aromatic heterocycles. The Kier molecular flexibility index (Phi) is 4.58. The topological polar surface area (TPSA) is 25.4 Å². The van der Waals surface area contributed by atoms with Crippen molar-refractivity contribution >= 4 is 11.3 Å². The quantitative estimate of drug-likeness (QED) is 0.688. The van der Waals surface area contributed by atoms with Gasteiger partial charge in [0, 0.05) is 36.8 Å². The highest BCUT2D eigenvalue weighted by atomic mass is 32.1. The monoisotopic (exact) mass is 336 g/mol. The summed E-state index contributed by atoms with van der Waals surface area (Å²) in [6.45, 7) is 3.01. The molecule has 3 heterocycles. The SMILES string of the molecule is c1ccc(OC2CCN(Cc3ccc(-c4cccs4)cc3)C2)nc1. The number of hydrogen-bond acceptors (Lipinski definition) is 4. The van der Waals surface area contributed by atoms with Crippen molar-refractivity contribution < 1.29 is 4.74 Å². The molecular formula is C20H20N2OS. The lowest BCUT2D eigenvalue weighted by Gasteiger charge is -2.16. The molecule has 24 heavy (non-hydrogen) atoms. The number of rotatable bonds is 5. The number of pyridine rings is 1. The largest absolute Gasteiger partial charge is 0.473 e. The molecule has 0 radical (unpaired) electrons. The van der Waals surface area contributed by atoms with Gasteiger partial charge >= 0.3 is 0 Å². The summed E-state index contributed by atoms with van der Waals surface area (Å²) in [4.78, 5) is 8.02. The van der Waals surface area contributed by atoms with E-state index in [9.17, 15) is 0 Å². The smallest absolute Gasteiger partial charge is 0.213 e. The fraction of sp³-hybridized carbons (Fsp3) is 0.250. The average Bonchev–Trinajstić information content (AvgIpc) is 3.29. The maximum absolute atomic E-state index is 5.96. The molecular weight excluding hydrogens is 316 g/mol. The van der Waals surface area contributed by atoms with Crippen LogP contribution in [0, 0.1) is 0 Å². The van der Waals surface area contributed by atoms with Gasteiger partial charge < -0.3 is 4.74 Å². The van der Waals surface area contributed by atoms with E-state index in [1.807, 2.05) is 18.2 Å². The minimum absolute atomic E-state index is 0.241. The van der Waals surface area contributed by atoms with Crippen LogP contribution < -0.4 is 4.74 Å².